The second-order valence-corrected chi connectivity index (χ2v) is 8.91. The molecule has 3 rings (SSSR count). The molecule has 2 aliphatic heterocycles. The lowest BCUT2D eigenvalue weighted by Gasteiger charge is -2.39. The van der Waals surface area contributed by atoms with E-state index in [1.54, 1.807) is 4.90 Å². The van der Waals surface area contributed by atoms with E-state index in [2.05, 4.69) is 22.9 Å². The minimum Gasteiger partial charge on any atom is -0.485 e. The first-order valence-corrected chi connectivity index (χ1v) is 9.59. The normalized spacial score (nSPS) is 25.7. The van der Waals surface area contributed by atoms with Crippen molar-refractivity contribution in [3.8, 4) is 5.75 Å². The van der Waals surface area contributed by atoms with E-state index in [4.69, 9.17) is 9.47 Å². The van der Waals surface area contributed by atoms with Gasteiger partial charge in [0.2, 0.25) is 0 Å². The van der Waals surface area contributed by atoms with Crippen molar-refractivity contribution in [1.82, 2.24) is 4.90 Å². The number of carbonyl (C=O) groups excluding carboxylic acids is 1. The van der Waals surface area contributed by atoms with Crippen molar-refractivity contribution in [2.75, 3.05) is 13.1 Å². The molecule has 2 atom stereocenters. The van der Waals surface area contributed by atoms with Crippen molar-refractivity contribution in [1.29, 1.82) is 0 Å². The van der Waals surface area contributed by atoms with Crippen LogP contribution in [0.15, 0.2) is 16.6 Å². The smallest absolute Gasteiger partial charge is 0.410 e. The molecule has 1 saturated heterocycles. The van der Waals surface area contributed by atoms with Gasteiger partial charge < -0.3 is 19.5 Å². The van der Waals surface area contributed by atoms with Crippen LogP contribution in [-0.4, -0.2) is 40.4 Å². The molecule has 1 aromatic carbocycles. The molecular weight excluding hydrogens is 386 g/mol. The largest absolute Gasteiger partial charge is 0.485 e. The van der Waals surface area contributed by atoms with E-state index in [-0.39, 0.29) is 6.09 Å². The highest BCUT2D eigenvalue weighted by atomic mass is 79.9. The third kappa shape index (κ3) is 3.80. The molecule has 1 fully saturated rings. The van der Waals surface area contributed by atoms with Gasteiger partial charge in [-0.25, -0.2) is 4.79 Å². The van der Waals surface area contributed by atoms with Gasteiger partial charge in [-0.3, -0.25) is 0 Å². The SMILES string of the molecule is CCc1cc(Br)cc2c1O[C@]1(CCN(C(=O)OC(C)(C)C)C1)C[C@@H]2O. The maximum absolute atomic E-state index is 12.4. The number of carbonyl (C=O) groups is 1. The zero-order valence-corrected chi connectivity index (χ0v) is 16.9. The molecular formula is C19H26BrNO4. The minimum absolute atomic E-state index is 0.320. The lowest BCUT2D eigenvalue weighted by atomic mass is 9.87. The molecule has 0 bridgehead atoms. The molecule has 1 amide bonds. The molecule has 1 N–H and O–H groups in total. The van der Waals surface area contributed by atoms with E-state index in [1.165, 1.54) is 0 Å². The molecule has 0 aromatic heterocycles. The van der Waals surface area contributed by atoms with Gasteiger partial charge in [0.05, 0.1) is 12.6 Å². The number of aliphatic hydroxyl groups excluding tert-OH is 1. The molecule has 6 heteroatoms. The number of rotatable bonds is 1. The van der Waals surface area contributed by atoms with Gasteiger partial charge >= 0.3 is 6.09 Å². The quantitative estimate of drug-likeness (QED) is 0.751. The second-order valence-electron chi connectivity index (χ2n) is 7.99. The van der Waals surface area contributed by atoms with E-state index < -0.39 is 17.3 Å². The minimum atomic E-state index is -0.592. The molecule has 0 unspecified atom stereocenters. The van der Waals surface area contributed by atoms with Crippen molar-refractivity contribution in [2.24, 2.45) is 0 Å². The molecule has 138 valence electrons. The average Bonchev–Trinajstić information content (AvgIpc) is 2.89. The monoisotopic (exact) mass is 411 g/mol. The number of likely N-dealkylation sites (tertiary alicyclic amines) is 1. The summed E-state index contributed by atoms with van der Waals surface area (Å²) in [6.45, 7) is 8.67. The standard InChI is InChI=1S/C19H26BrNO4/c1-5-12-8-13(20)9-14-15(22)10-19(24-16(12)14)6-7-21(11-19)17(23)25-18(2,3)4/h8-9,15,22H,5-7,10-11H2,1-4H3/t15-,19+/m0/s1. The van der Waals surface area contributed by atoms with Crippen LogP contribution in [0, 0.1) is 0 Å². The topological polar surface area (TPSA) is 59.0 Å². The number of aryl methyl sites for hydroxylation is 1. The molecule has 5 nitrogen and oxygen atoms in total. The van der Waals surface area contributed by atoms with Gasteiger partial charge in [-0.05, 0) is 44.9 Å². The highest BCUT2D eigenvalue weighted by Gasteiger charge is 2.48. The third-order valence-corrected chi connectivity index (χ3v) is 5.21. The van der Waals surface area contributed by atoms with Crippen molar-refractivity contribution in [3.63, 3.8) is 0 Å². The Bertz CT molecular complexity index is 685. The summed E-state index contributed by atoms with van der Waals surface area (Å²) in [7, 11) is 0. The average molecular weight is 412 g/mol. The first-order chi connectivity index (χ1) is 11.6. The van der Waals surface area contributed by atoms with E-state index in [1.807, 2.05) is 32.9 Å². The maximum Gasteiger partial charge on any atom is 0.410 e. The first-order valence-electron chi connectivity index (χ1n) is 8.80. The fourth-order valence-corrected chi connectivity index (χ4v) is 4.13. The van der Waals surface area contributed by atoms with Crippen LogP contribution < -0.4 is 4.74 Å². The van der Waals surface area contributed by atoms with E-state index in [0.717, 1.165) is 27.8 Å². The number of nitrogens with zero attached hydrogens (tertiary/aromatic N) is 1. The van der Waals surface area contributed by atoms with Gasteiger partial charge in [0.1, 0.15) is 17.0 Å². The Morgan fingerprint density at radius 2 is 2.20 bits per heavy atom. The Morgan fingerprint density at radius 3 is 2.84 bits per heavy atom. The van der Waals surface area contributed by atoms with Crippen molar-refractivity contribution in [2.45, 2.75) is 64.3 Å². The summed E-state index contributed by atoms with van der Waals surface area (Å²) in [5.41, 5.74) is 0.834. The predicted octanol–water partition coefficient (Wildman–Crippen LogP) is 4.21. The van der Waals surface area contributed by atoms with Crippen molar-refractivity contribution in [3.05, 3.63) is 27.7 Å². The van der Waals surface area contributed by atoms with Crippen LogP contribution in [-0.2, 0) is 11.2 Å². The number of hydrogen-bond acceptors (Lipinski definition) is 4. The number of amides is 1. The molecule has 0 aliphatic carbocycles. The van der Waals surface area contributed by atoms with Crippen LogP contribution >= 0.6 is 15.9 Å². The first kappa shape index (κ1) is 18.5. The van der Waals surface area contributed by atoms with Crippen LogP contribution in [0.2, 0.25) is 0 Å². The van der Waals surface area contributed by atoms with Gasteiger partial charge in [-0.2, -0.15) is 0 Å². The van der Waals surface area contributed by atoms with E-state index >= 15 is 0 Å². The van der Waals surface area contributed by atoms with Crippen LogP contribution in [0.25, 0.3) is 0 Å². The van der Waals surface area contributed by atoms with Gasteiger partial charge in [-0.15, -0.1) is 0 Å². The highest BCUT2D eigenvalue weighted by molar-refractivity contribution is 9.10. The summed E-state index contributed by atoms with van der Waals surface area (Å²) in [6.07, 6.45) is 1.09. The molecule has 1 spiro atoms. The Balaban J connectivity index is 1.83. The number of aliphatic hydroxyl groups is 1. The summed E-state index contributed by atoms with van der Waals surface area (Å²) in [4.78, 5) is 14.0. The lowest BCUT2D eigenvalue weighted by Crippen LogP contribution is -2.45. The van der Waals surface area contributed by atoms with Crippen LogP contribution in [0.3, 0.4) is 0 Å². The van der Waals surface area contributed by atoms with E-state index in [9.17, 15) is 9.90 Å². The highest BCUT2D eigenvalue weighted by Crippen LogP contribution is 2.46. The Labute approximate surface area is 157 Å². The maximum atomic E-state index is 12.4. The van der Waals surface area contributed by atoms with Crippen LogP contribution in [0.1, 0.15) is 57.8 Å². The summed E-state index contributed by atoms with van der Waals surface area (Å²) < 4.78 is 12.8. The summed E-state index contributed by atoms with van der Waals surface area (Å²) in [5, 5.41) is 10.7. The predicted molar refractivity (Wildman–Crippen MR) is 98.9 cm³/mol. The fourth-order valence-electron chi connectivity index (χ4n) is 3.61. The molecule has 25 heavy (non-hydrogen) atoms. The molecule has 2 aliphatic rings. The van der Waals surface area contributed by atoms with Gasteiger partial charge in [0.15, 0.2) is 0 Å². The molecule has 0 saturated carbocycles. The summed E-state index contributed by atoms with van der Waals surface area (Å²) >= 11 is 3.50. The van der Waals surface area contributed by atoms with Crippen molar-refractivity contribution >= 4 is 22.0 Å². The number of ether oxygens (including phenoxy) is 2. The third-order valence-electron chi connectivity index (χ3n) is 4.75. The zero-order valence-electron chi connectivity index (χ0n) is 15.3. The number of fused-ring (bicyclic) bond motifs is 1. The lowest BCUT2D eigenvalue weighted by molar-refractivity contribution is -0.0137. The zero-order chi connectivity index (χ0) is 18.4. The molecule has 1 aromatic rings. The number of halogens is 1. The molecule has 2 heterocycles. The van der Waals surface area contributed by atoms with Crippen LogP contribution in [0.5, 0.6) is 5.75 Å². The van der Waals surface area contributed by atoms with Gasteiger partial charge in [0.25, 0.3) is 0 Å². The second kappa shape index (κ2) is 6.47. The van der Waals surface area contributed by atoms with Crippen LogP contribution in [0.4, 0.5) is 4.79 Å². The number of benzene rings is 1. The molecule has 0 radical (unpaired) electrons. The summed E-state index contributed by atoms with van der Waals surface area (Å²) in [6, 6.07) is 3.96. The number of hydrogen-bond donors (Lipinski definition) is 1. The Hall–Kier alpha value is -1.27. The fraction of sp³-hybridized carbons (Fsp3) is 0.632. The van der Waals surface area contributed by atoms with Crippen molar-refractivity contribution < 1.29 is 19.4 Å². The van der Waals surface area contributed by atoms with E-state index in [0.29, 0.717) is 25.9 Å². The van der Waals surface area contributed by atoms with Gasteiger partial charge in [0, 0.05) is 29.4 Å². The van der Waals surface area contributed by atoms with Gasteiger partial charge in [-0.1, -0.05) is 22.9 Å². The summed E-state index contributed by atoms with van der Waals surface area (Å²) in [5.74, 6) is 0.774. The Kier molecular flexibility index (Phi) is 4.79. The Morgan fingerprint density at radius 1 is 1.48 bits per heavy atom.